The molecule has 0 saturated carbocycles. The van der Waals surface area contributed by atoms with Crippen LogP contribution in [0, 0.1) is 22.7 Å². The second-order valence-corrected chi connectivity index (χ2v) is 4.27. The van der Waals surface area contributed by atoms with E-state index in [0.29, 0.717) is 0 Å². The maximum absolute atomic E-state index is 8.58. The van der Waals surface area contributed by atoms with Gasteiger partial charge in [0.05, 0.1) is 5.69 Å². The van der Waals surface area contributed by atoms with Crippen LogP contribution in [0.15, 0.2) is 23.3 Å². The van der Waals surface area contributed by atoms with E-state index < -0.39 is 0 Å². The van der Waals surface area contributed by atoms with Gasteiger partial charge in [-0.3, -0.25) is 5.43 Å². The molecule has 1 aliphatic rings. The zero-order chi connectivity index (χ0) is 13.0. The second-order valence-electron chi connectivity index (χ2n) is 4.27. The first-order chi connectivity index (χ1) is 8.72. The molecular formula is C13H13N5. The monoisotopic (exact) mass is 239 g/mol. The van der Waals surface area contributed by atoms with E-state index in [1.807, 2.05) is 12.1 Å². The Bertz CT molecular complexity index is 546. The molecule has 0 amide bonds. The molecule has 2 rings (SSSR count). The van der Waals surface area contributed by atoms with Gasteiger partial charge in [0.2, 0.25) is 5.71 Å². The van der Waals surface area contributed by atoms with E-state index in [0.717, 1.165) is 25.2 Å². The summed E-state index contributed by atoms with van der Waals surface area (Å²) in [6.45, 7) is 1.99. The number of hydrogen-bond acceptors (Lipinski definition) is 5. The van der Waals surface area contributed by atoms with E-state index in [4.69, 9.17) is 10.5 Å². The normalized spacial score (nSPS) is 13.9. The van der Waals surface area contributed by atoms with E-state index in [1.165, 1.54) is 11.1 Å². The molecule has 1 N–H and O–H groups in total. The molecule has 0 unspecified atom stereocenters. The van der Waals surface area contributed by atoms with Gasteiger partial charge >= 0.3 is 0 Å². The summed E-state index contributed by atoms with van der Waals surface area (Å²) < 4.78 is 0. The lowest BCUT2D eigenvalue weighted by molar-refractivity contribution is 0.313. The molecule has 1 heterocycles. The van der Waals surface area contributed by atoms with Crippen LogP contribution >= 0.6 is 0 Å². The molecule has 0 fully saturated rings. The summed E-state index contributed by atoms with van der Waals surface area (Å²) in [6.07, 6.45) is 1.05. The second kappa shape index (κ2) is 5.31. The number of benzene rings is 1. The van der Waals surface area contributed by atoms with Crippen LogP contribution in [0.2, 0.25) is 0 Å². The Kier molecular flexibility index (Phi) is 3.57. The van der Waals surface area contributed by atoms with E-state index >= 15 is 0 Å². The number of anilines is 1. The molecule has 0 radical (unpaired) electrons. The smallest absolute Gasteiger partial charge is 0.237 e. The number of fused-ring (bicyclic) bond motifs is 1. The van der Waals surface area contributed by atoms with Crippen molar-refractivity contribution in [3.8, 4) is 12.1 Å². The van der Waals surface area contributed by atoms with Crippen molar-refractivity contribution >= 4 is 11.4 Å². The highest BCUT2D eigenvalue weighted by Crippen LogP contribution is 2.21. The summed E-state index contributed by atoms with van der Waals surface area (Å²) >= 11 is 0. The fourth-order valence-corrected chi connectivity index (χ4v) is 1.96. The minimum absolute atomic E-state index is 0.176. The molecule has 1 aliphatic heterocycles. The third-order valence-electron chi connectivity index (χ3n) is 2.92. The Labute approximate surface area is 106 Å². The van der Waals surface area contributed by atoms with Crippen molar-refractivity contribution in [1.82, 2.24) is 4.90 Å². The molecule has 0 aromatic heterocycles. The topological polar surface area (TPSA) is 75.2 Å². The largest absolute Gasteiger partial charge is 0.302 e. The Morgan fingerprint density at radius 1 is 1.33 bits per heavy atom. The maximum atomic E-state index is 8.58. The molecule has 0 aliphatic carbocycles. The molecular weight excluding hydrogens is 226 g/mol. The van der Waals surface area contributed by atoms with Gasteiger partial charge in [-0.15, -0.1) is 0 Å². The van der Waals surface area contributed by atoms with Crippen LogP contribution < -0.4 is 5.43 Å². The van der Waals surface area contributed by atoms with Crippen molar-refractivity contribution in [3.05, 3.63) is 29.3 Å². The molecule has 1 aromatic carbocycles. The first kappa shape index (κ1) is 12.1. The predicted octanol–water partition coefficient (Wildman–Crippen LogP) is 1.49. The minimum atomic E-state index is -0.176. The van der Waals surface area contributed by atoms with Gasteiger partial charge in [-0.1, -0.05) is 6.07 Å². The third-order valence-corrected chi connectivity index (χ3v) is 2.92. The van der Waals surface area contributed by atoms with E-state index in [9.17, 15) is 0 Å². The Morgan fingerprint density at radius 2 is 2.11 bits per heavy atom. The summed E-state index contributed by atoms with van der Waals surface area (Å²) in [5, 5.41) is 20.9. The maximum Gasteiger partial charge on any atom is 0.237 e. The molecule has 18 heavy (non-hydrogen) atoms. The number of likely N-dealkylation sites (N-methyl/N-ethyl adjacent to an activating group) is 1. The van der Waals surface area contributed by atoms with Crippen molar-refractivity contribution in [2.75, 3.05) is 19.0 Å². The molecule has 90 valence electrons. The van der Waals surface area contributed by atoms with Gasteiger partial charge in [0.15, 0.2) is 0 Å². The number of nitrogens with zero attached hydrogens (tertiary/aromatic N) is 4. The van der Waals surface area contributed by atoms with Gasteiger partial charge in [0, 0.05) is 13.1 Å². The Morgan fingerprint density at radius 3 is 2.83 bits per heavy atom. The van der Waals surface area contributed by atoms with E-state index in [2.05, 4.69) is 28.5 Å². The van der Waals surface area contributed by atoms with Gasteiger partial charge < -0.3 is 4.90 Å². The molecule has 0 spiro atoms. The van der Waals surface area contributed by atoms with Crippen LogP contribution in [0.1, 0.15) is 11.1 Å². The number of hydrazone groups is 1. The van der Waals surface area contributed by atoms with Gasteiger partial charge in [-0.2, -0.15) is 15.6 Å². The van der Waals surface area contributed by atoms with Crippen molar-refractivity contribution in [2.45, 2.75) is 13.0 Å². The highest BCUT2D eigenvalue weighted by atomic mass is 15.3. The highest BCUT2D eigenvalue weighted by molar-refractivity contribution is 6.10. The average molecular weight is 239 g/mol. The van der Waals surface area contributed by atoms with Crippen LogP contribution in [-0.4, -0.2) is 24.2 Å². The van der Waals surface area contributed by atoms with Crippen molar-refractivity contribution in [1.29, 1.82) is 10.5 Å². The first-order valence-electron chi connectivity index (χ1n) is 5.67. The number of nitriles is 2. The average Bonchev–Trinajstić information content (AvgIpc) is 2.39. The van der Waals surface area contributed by atoms with Crippen molar-refractivity contribution in [3.63, 3.8) is 0 Å². The lowest BCUT2D eigenvalue weighted by Gasteiger charge is -2.25. The summed E-state index contributed by atoms with van der Waals surface area (Å²) in [4.78, 5) is 2.26. The lowest BCUT2D eigenvalue weighted by Crippen LogP contribution is -2.26. The predicted molar refractivity (Wildman–Crippen MR) is 68.8 cm³/mol. The lowest BCUT2D eigenvalue weighted by atomic mass is 10.00. The van der Waals surface area contributed by atoms with Crippen molar-refractivity contribution in [2.24, 2.45) is 5.10 Å². The Balaban J connectivity index is 2.17. The van der Waals surface area contributed by atoms with Crippen LogP contribution in [-0.2, 0) is 13.0 Å². The fourth-order valence-electron chi connectivity index (χ4n) is 1.96. The van der Waals surface area contributed by atoms with Crippen LogP contribution in [0.5, 0.6) is 0 Å². The van der Waals surface area contributed by atoms with Crippen molar-refractivity contribution < 1.29 is 0 Å². The molecule has 0 atom stereocenters. The summed E-state index contributed by atoms with van der Waals surface area (Å²) in [5.41, 5.74) is 5.97. The number of nitrogens with one attached hydrogen (secondary N) is 1. The van der Waals surface area contributed by atoms with Gasteiger partial charge in [-0.25, -0.2) is 0 Å². The van der Waals surface area contributed by atoms with E-state index in [1.54, 1.807) is 12.1 Å². The Hall–Kier alpha value is -2.37. The van der Waals surface area contributed by atoms with Crippen LogP contribution in [0.25, 0.3) is 0 Å². The standard InChI is InChI=1S/C13H13N5/c1-18-5-4-10-2-3-12(6-11(10)9-18)16-17-13(7-14)8-15/h2-3,6,16H,4-5,9H2,1H3. The minimum Gasteiger partial charge on any atom is -0.302 e. The number of hydrogen-bond donors (Lipinski definition) is 1. The fraction of sp³-hybridized carbons (Fsp3) is 0.308. The van der Waals surface area contributed by atoms with E-state index in [-0.39, 0.29) is 5.71 Å². The van der Waals surface area contributed by atoms with Crippen LogP contribution in [0.3, 0.4) is 0 Å². The quantitative estimate of drug-likeness (QED) is 0.626. The first-order valence-corrected chi connectivity index (χ1v) is 5.67. The summed E-state index contributed by atoms with van der Waals surface area (Å²) in [6, 6.07) is 9.42. The zero-order valence-electron chi connectivity index (χ0n) is 10.1. The molecule has 5 nitrogen and oxygen atoms in total. The van der Waals surface area contributed by atoms with Gasteiger partial charge in [-0.05, 0) is 36.7 Å². The van der Waals surface area contributed by atoms with Gasteiger partial charge in [0.25, 0.3) is 0 Å². The molecule has 1 aromatic rings. The SMILES string of the molecule is CN1CCc2ccc(NN=C(C#N)C#N)cc2C1. The highest BCUT2D eigenvalue weighted by Gasteiger charge is 2.12. The zero-order valence-corrected chi connectivity index (χ0v) is 10.1. The van der Waals surface area contributed by atoms with Crippen LogP contribution in [0.4, 0.5) is 5.69 Å². The number of rotatable bonds is 2. The van der Waals surface area contributed by atoms with Gasteiger partial charge in [0.1, 0.15) is 12.1 Å². The third kappa shape index (κ3) is 2.65. The molecule has 0 saturated heterocycles. The molecule has 5 heteroatoms. The summed E-state index contributed by atoms with van der Waals surface area (Å²) in [5.74, 6) is 0. The summed E-state index contributed by atoms with van der Waals surface area (Å²) in [7, 11) is 2.09. The molecule has 0 bridgehead atoms.